The summed E-state index contributed by atoms with van der Waals surface area (Å²) < 4.78 is 0. The summed E-state index contributed by atoms with van der Waals surface area (Å²) in [6, 6.07) is 0. The van der Waals surface area contributed by atoms with E-state index < -0.39 is 0 Å². The molecule has 0 aliphatic heterocycles. The molecular weight excluding hydrogens is 120 g/mol. The Bertz CT molecular complexity index is 174. The smallest absolute Gasteiger partial charge is 0.00520 e. The van der Waals surface area contributed by atoms with Gasteiger partial charge in [0, 0.05) is 0 Å². The molecule has 10 heavy (non-hydrogen) atoms. The molecule has 0 amide bonds. The fraction of sp³-hybridized carbons (Fsp3) is 0.500. The Kier molecular flexibility index (Phi) is 1.62. The van der Waals surface area contributed by atoms with Crippen molar-refractivity contribution in [3.63, 3.8) is 0 Å². The van der Waals surface area contributed by atoms with Crippen molar-refractivity contribution in [2.24, 2.45) is 5.92 Å². The first-order chi connectivity index (χ1) is 4.97. The van der Waals surface area contributed by atoms with E-state index in [1.807, 2.05) is 0 Å². The van der Waals surface area contributed by atoms with Crippen LogP contribution < -0.4 is 0 Å². The van der Waals surface area contributed by atoms with Crippen LogP contribution in [0.1, 0.15) is 25.7 Å². The average Bonchev–Trinajstić information content (AvgIpc) is 2.05. The lowest BCUT2D eigenvalue weighted by atomic mass is 9.81. The van der Waals surface area contributed by atoms with E-state index in [1.165, 1.54) is 24.8 Å². The molecule has 0 aromatic rings. The summed E-state index contributed by atoms with van der Waals surface area (Å²) in [5.74, 6) is 0.679. The molecule has 0 aromatic heterocycles. The number of allylic oxidation sites excluding steroid dienone is 4. The summed E-state index contributed by atoms with van der Waals surface area (Å²) in [5, 5.41) is 0. The van der Waals surface area contributed by atoms with Crippen LogP contribution in [-0.4, -0.2) is 0 Å². The first kappa shape index (κ1) is 6.21. The molecule has 0 bridgehead atoms. The molecule has 2 aliphatic rings. The normalized spacial score (nSPS) is 31.2. The molecule has 0 heteroatoms. The predicted molar refractivity (Wildman–Crippen MR) is 42.4 cm³/mol. The van der Waals surface area contributed by atoms with Gasteiger partial charge in [-0.05, 0) is 43.6 Å². The van der Waals surface area contributed by atoms with Gasteiger partial charge < -0.3 is 0 Å². The average molecular weight is 132 g/mol. The molecule has 52 valence electrons. The molecule has 1 atom stereocenters. The van der Waals surface area contributed by atoms with E-state index in [1.54, 1.807) is 0 Å². The first-order valence-electron chi connectivity index (χ1n) is 4.07. The Morgan fingerprint density at radius 2 is 2.50 bits per heavy atom. The maximum atomic E-state index is 3.47. The van der Waals surface area contributed by atoms with E-state index in [4.69, 9.17) is 0 Å². The van der Waals surface area contributed by atoms with Gasteiger partial charge in [0.05, 0.1) is 0 Å². The monoisotopic (exact) mass is 132 g/mol. The second-order valence-corrected chi connectivity index (χ2v) is 3.00. The van der Waals surface area contributed by atoms with Crippen molar-refractivity contribution in [2.45, 2.75) is 25.7 Å². The third kappa shape index (κ3) is 1.03. The van der Waals surface area contributed by atoms with Gasteiger partial charge in [-0.2, -0.15) is 0 Å². The Morgan fingerprint density at radius 1 is 1.50 bits per heavy atom. The summed E-state index contributed by atoms with van der Waals surface area (Å²) in [6.07, 6.45) is 15.3. The fourth-order valence-electron chi connectivity index (χ4n) is 1.71. The standard InChI is InChI=1S/C10H12/c1-2-6-10-8-4-3-7-9(10)5-1/h1,5,7,10H,2-4,8H2. The minimum Gasteiger partial charge on any atom is -0.0836 e. The van der Waals surface area contributed by atoms with Crippen LogP contribution in [0.2, 0.25) is 0 Å². The van der Waals surface area contributed by atoms with E-state index in [9.17, 15) is 0 Å². The van der Waals surface area contributed by atoms with Crippen LogP contribution in [0.5, 0.6) is 0 Å². The van der Waals surface area contributed by atoms with Gasteiger partial charge in [-0.3, -0.25) is 0 Å². The highest BCUT2D eigenvalue weighted by Crippen LogP contribution is 2.31. The number of fused-ring (bicyclic) bond motifs is 1. The second-order valence-electron chi connectivity index (χ2n) is 3.00. The number of rotatable bonds is 0. The van der Waals surface area contributed by atoms with E-state index in [0.717, 1.165) is 6.42 Å². The molecule has 2 aliphatic carbocycles. The van der Waals surface area contributed by atoms with Crippen LogP contribution in [-0.2, 0) is 0 Å². The maximum absolute atomic E-state index is 3.47. The van der Waals surface area contributed by atoms with Gasteiger partial charge in [0.2, 0.25) is 0 Å². The van der Waals surface area contributed by atoms with Crippen LogP contribution in [0.3, 0.4) is 0 Å². The highest BCUT2D eigenvalue weighted by molar-refractivity contribution is 5.29. The molecule has 1 unspecified atom stereocenters. The van der Waals surface area contributed by atoms with Crippen LogP contribution >= 0.6 is 0 Å². The van der Waals surface area contributed by atoms with Crippen LogP contribution in [0.4, 0.5) is 0 Å². The molecule has 2 radical (unpaired) electrons. The first-order valence-corrected chi connectivity index (χ1v) is 4.07. The fourth-order valence-corrected chi connectivity index (χ4v) is 1.71. The summed E-state index contributed by atoms with van der Waals surface area (Å²) in [7, 11) is 0. The van der Waals surface area contributed by atoms with E-state index >= 15 is 0 Å². The summed E-state index contributed by atoms with van der Waals surface area (Å²) in [5.41, 5.74) is 1.51. The van der Waals surface area contributed by atoms with Crippen molar-refractivity contribution < 1.29 is 0 Å². The lowest BCUT2D eigenvalue weighted by Gasteiger charge is -2.23. The van der Waals surface area contributed by atoms with Gasteiger partial charge in [0.25, 0.3) is 0 Å². The van der Waals surface area contributed by atoms with Crippen molar-refractivity contribution in [3.05, 3.63) is 30.2 Å². The Morgan fingerprint density at radius 3 is 3.40 bits per heavy atom. The summed E-state index contributed by atoms with van der Waals surface area (Å²) >= 11 is 0. The van der Waals surface area contributed by atoms with Gasteiger partial charge in [-0.1, -0.05) is 18.2 Å². The van der Waals surface area contributed by atoms with Crippen LogP contribution in [0, 0.1) is 12.3 Å². The van der Waals surface area contributed by atoms with Crippen molar-refractivity contribution in [3.8, 4) is 0 Å². The Labute approximate surface area is 62.6 Å². The lowest BCUT2D eigenvalue weighted by molar-refractivity contribution is 0.563. The van der Waals surface area contributed by atoms with Gasteiger partial charge >= 0.3 is 0 Å². The van der Waals surface area contributed by atoms with Crippen molar-refractivity contribution >= 4 is 0 Å². The molecule has 2 rings (SSSR count). The second kappa shape index (κ2) is 2.61. The topological polar surface area (TPSA) is 0 Å². The molecule has 0 aromatic carbocycles. The highest BCUT2D eigenvalue weighted by Gasteiger charge is 2.17. The predicted octanol–water partition coefficient (Wildman–Crippen LogP) is 2.75. The van der Waals surface area contributed by atoms with Crippen molar-refractivity contribution in [1.29, 1.82) is 0 Å². The largest absolute Gasteiger partial charge is 0.0836 e. The highest BCUT2D eigenvalue weighted by atomic mass is 14.2. The van der Waals surface area contributed by atoms with E-state index in [0.29, 0.717) is 5.92 Å². The van der Waals surface area contributed by atoms with Crippen molar-refractivity contribution in [2.75, 3.05) is 0 Å². The molecule has 0 nitrogen and oxygen atoms in total. The van der Waals surface area contributed by atoms with Gasteiger partial charge in [-0.15, -0.1) is 0 Å². The SMILES string of the molecule is [C]1CC=CC2=CCCCC12. The zero-order chi connectivity index (χ0) is 6.81. The molecule has 0 saturated carbocycles. The van der Waals surface area contributed by atoms with Gasteiger partial charge in [-0.25, -0.2) is 0 Å². The molecule has 0 saturated heterocycles. The number of hydrogen-bond donors (Lipinski definition) is 0. The van der Waals surface area contributed by atoms with Gasteiger partial charge in [0.15, 0.2) is 0 Å². The molecule has 0 fully saturated rings. The third-order valence-electron chi connectivity index (χ3n) is 2.27. The third-order valence-corrected chi connectivity index (χ3v) is 2.27. The summed E-state index contributed by atoms with van der Waals surface area (Å²) in [4.78, 5) is 0. The molecule has 0 spiro atoms. The van der Waals surface area contributed by atoms with Crippen LogP contribution in [0.15, 0.2) is 23.8 Å². The van der Waals surface area contributed by atoms with E-state index in [2.05, 4.69) is 24.6 Å². The Hall–Kier alpha value is -0.520. The van der Waals surface area contributed by atoms with Crippen LogP contribution in [0.25, 0.3) is 0 Å². The van der Waals surface area contributed by atoms with Crippen molar-refractivity contribution in [1.82, 2.24) is 0 Å². The molecule has 0 heterocycles. The maximum Gasteiger partial charge on any atom is -0.00520 e. The van der Waals surface area contributed by atoms with E-state index in [-0.39, 0.29) is 0 Å². The molecule has 0 N–H and O–H groups in total. The quantitative estimate of drug-likeness (QED) is 0.475. The Balaban J connectivity index is 2.21. The lowest BCUT2D eigenvalue weighted by Crippen LogP contribution is -2.10. The number of hydrogen-bond acceptors (Lipinski definition) is 0. The zero-order valence-electron chi connectivity index (χ0n) is 6.14. The summed E-state index contributed by atoms with van der Waals surface area (Å²) in [6.45, 7) is 0. The zero-order valence-corrected chi connectivity index (χ0v) is 6.14. The minimum atomic E-state index is 0.679. The van der Waals surface area contributed by atoms with Gasteiger partial charge in [0.1, 0.15) is 0 Å². The minimum absolute atomic E-state index is 0.679. The molecular formula is C10H12.